The molecule has 4 heteroatoms. The minimum atomic E-state index is 0.0772. The van der Waals surface area contributed by atoms with Gasteiger partial charge in [-0.3, -0.25) is 4.79 Å². The zero-order valence-corrected chi connectivity index (χ0v) is 17.5. The van der Waals surface area contributed by atoms with Crippen molar-refractivity contribution in [3.8, 4) is 5.75 Å². The van der Waals surface area contributed by atoms with Crippen LogP contribution < -0.4 is 10.1 Å². The molecule has 0 aliphatic rings. The van der Waals surface area contributed by atoms with Crippen molar-refractivity contribution < 1.29 is 9.53 Å². The summed E-state index contributed by atoms with van der Waals surface area (Å²) in [5.74, 6) is 1.36. The number of anilines is 1. The molecule has 0 saturated heterocycles. The van der Waals surface area contributed by atoms with Gasteiger partial charge in [0.05, 0.1) is 7.11 Å². The minimum Gasteiger partial charge on any atom is -0.496 e. The van der Waals surface area contributed by atoms with E-state index in [1.54, 1.807) is 7.11 Å². The van der Waals surface area contributed by atoms with E-state index < -0.39 is 0 Å². The van der Waals surface area contributed by atoms with Crippen LogP contribution in [0.4, 0.5) is 5.69 Å². The topological polar surface area (TPSA) is 38.3 Å². The second kappa shape index (κ2) is 9.22. The average Bonchev–Trinajstić information content (AvgIpc) is 2.56. The fraction of sp³-hybridized carbons (Fsp3) is 0.381. The summed E-state index contributed by atoms with van der Waals surface area (Å²) < 4.78 is 6.47. The quantitative estimate of drug-likeness (QED) is 0.549. The molecule has 0 radical (unpaired) electrons. The van der Waals surface area contributed by atoms with E-state index in [2.05, 4.69) is 60.0 Å². The number of hydrogen-bond donors (Lipinski definition) is 1. The zero-order valence-electron chi connectivity index (χ0n) is 15.4. The maximum Gasteiger partial charge on any atom is 0.224 e. The number of benzene rings is 2. The molecule has 0 fully saturated rings. The lowest BCUT2D eigenvalue weighted by molar-refractivity contribution is -0.116. The second-order valence-corrected chi connectivity index (χ2v) is 7.84. The number of nitrogens with one attached hydrogen (secondary N) is 1. The lowest BCUT2D eigenvalue weighted by atomic mass is 10.0. The third-order valence-electron chi connectivity index (χ3n) is 4.24. The Hall–Kier alpha value is -1.56. The van der Waals surface area contributed by atoms with Crippen molar-refractivity contribution in [2.45, 2.75) is 46.0 Å². The van der Waals surface area contributed by atoms with Gasteiger partial charge >= 0.3 is 0 Å². The number of carbonyl (C=O) groups excluding carboxylic acids is 1. The molecule has 0 aromatic heterocycles. The first kappa shape index (κ1) is 19.8. The van der Waals surface area contributed by atoms with Gasteiger partial charge < -0.3 is 10.1 Å². The van der Waals surface area contributed by atoms with E-state index in [1.165, 1.54) is 14.7 Å². The average molecular weight is 451 g/mol. The molecule has 134 valence electrons. The molecular formula is C21H26INO2. The Morgan fingerprint density at radius 2 is 1.96 bits per heavy atom. The van der Waals surface area contributed by atoms with Crippen molar-refractivity contribution in [1.82, 2.24) is 0 Å². The first-order valence-corrected chi connectivity index (χ1v) is 9.71. The summed E-state index contributed by atoms with van der Waals surface area (Å²) in [5, 5.41) is 3.07. The number of halogens is 1. The van der Waals surface area contributed by atoms with Crippen LogP contribution >= 0.6 is 22.6 Å². The number of hydrogen-bond acceptors (Lipinski definition) is 2. The fourth-order valence-electron chi connectivity index (χ4n) is 2.89. The van der Waals surface area contributed by atoms with Gasteiger partial charge in [-0.15, -0.1) is 0 Å². The molecule has 0 atom stereocenters. The van der Waals surface area contributed by atoms with Gasteiger partial charge in [0.1, 0.15) is 5.75 Å². The maximum absolute atomic E-state index is 12.3. The van der Waals surface area contributed by atoms with E-state index in [9.17, 15) is 4.79 Å². The molecular weight excluding hydrogens is 425 g/mol. The van der Waals surface area contributed by atoms with Gasteiger partial charge in [0.2, 0.25) is 5.91 Å². The Morgan fingerprint density at radius 1 is 1.20 bits per heavy atom. The SMILES string of the molecule is COc1ccc(CCCC(=O)Nc2ccc(I)cc2C(C)C)cc1C. The first-order valence-electron chi connectivity index (χ1n) is 8.63. The zero-order chi connectivity index (χ0) is 18.4. The van der Waals surface area contributed by atoms with Crippen LogP contribution in [0.25, 0.3) is 0 Å². The number of ether oxygens (including phenoxy) is 1. The first-order chi connectivity index (χ1) is 11.9. The molecule has 0 spiro atoms. The molecule has 0 bridgehead atoms. The molecule has 25 heavy (non-hydrogen) atoms. The van der Waals surface area contributed by atoms with E-state index in [0.29, 0.717) is 12.3 Å². The highest BCUT2D eigenvalue weighted by Gasteiger charge is 2.10. The van der Waals surface area contributed by atoms with Crippen LogP contribution in [0.15, 0.2) is 36.4 Å². The monoisotopic (exact) mass is 451 g/mol. The maximum atomic E-state index is 12.3. The van der Waals surface area contributed by atoms with E-state index in [1.807, 2.05) is 25.1 Å². The molecule has 3 nitrogen and oxygen atoms in total. The lowest BCUT2D eigenvalue weighted by Crippen LogP contribution is -2.13. The second-order valence-electron chi connectivity index (χ2n) is 6.59. The van der Waals surface area contributed by atoms with Crippen molar-refractivity contribution in [3.05, 3.63) is 56.7 Å². The highest BCUT2D eigenvalue weighted by Crippen LogP contribution is 2.26. The van der Waals surface area contributed by atoms with Gasteiger partial charge in [-0.1, -0.05) is 26.0 Å². The third-order valence-corrected chi connectivity index (χ3v) is 4.91. The van der Waals surface area contributed by atoms with Crippen LogP contribution in [0.2, 0.25) is 0 Å². The molecule has 2 aromatic rings. The molecule has 0 heterocycles. The van der Waals surface area contributed by atoms with E-state index in [-0.39, 0.29) is 5.91 Å². The minimum absolute atomic E-state index is 0.0772. The lowest BCUT2D eigenvalue weighted by Gasteiger charge is -2.14. The van der Waals surface area contributed by atoms with Crippen LogP contribution in [0.3, 0.4) is 0 Å². The summed E-state index contributed by atoms with van der Waals surface area (Å²) in [6, 6.07) is 12.4. The molecule has 0 aliphatic heterocycles. The highest BCUT2D eigenvalue weighted by atomic mass is 127. The normalized spacial score (nSPS) is 10.8. The van der Waals surface area contributed by atoms with Crippen LogP contribution in [0, 0.1) is 10.5 Å². The molecule has 2 aromatic carbocycles. The number of rotatable bonds is 7. The predicted molar refractivity (Wildman–Crippen MR) is 113 cm³/mol. The van der Waals surface area contributed by atoms with Crippen molar-refractivity contribution in [2.75, 3.05) is 12.4 Å². The van der Waals surface area contributed by atoms with Crippen LogP contribution in [0.1, 0.15) is 49.3 Å². The summed E-state index contributed by atoms with van der Waals surface area (Å²) in [7, 11) is 1.68. The van der Waals surface area contributed by atoms with E-state index >= 15 is 0 Å². The number of amides is 1. The van der Waals surface area contributed by atoms with Crippen LogP contribution in [0.5, 0.6) is 5.75 Å². The molecule has 2 rings (SSSR count). The summed E-state index contributed by atoms with van der Waals surface area (Å²) in [5.41, 5.74) is 4.49. The van der Waals surface area contributed by atoms with Gasteiger partial charge in [-0.05, 0) is 89.2 Å². The van der Waals surface area contributed by atoms with Gasteiger partial charge in [-0.25, -0.2) is 0 Å². The van der Waals surface area contributed by atoms with E-state index in [4.69, 9.17) is 4.74 Å². The Bertz CT molecular complexity index is 741. The highest BCUT2D eigenvalue weighted by molar-refractivity contribution is 14.1. The van der Waals surface area contributed by atoms with Crippen LogP contribution in [-0.4, -0.2) is 13.0 Å². The van der Waals surface area contributed by atoms with Crippen molar-refractivity contribution >= 4 is 34.2 Å². The van der Waals surface area contributed by atoms with E-state index in [0.717, 1.165) is 29.8 Å². The Kier molecular flexibility index (Phi) is 7.29. The largest absolute Gasteiger partial charge is 0.496 e. The van der Waals surface area contributed by atoms with Gasteiger partial charge in [0, 0.05) is 15.7 Å². The Balaban J connectivity index is 1.90. The van der Waals surface area contributed by atoms with Gasteiger partial charge in [-0.2, -0.15) is 0 Å². The Labute approximate surface area is 164 Å². The van der Waals surface area contributed by atoms with Crippen LogP contribution in [-0.2, 0) is 11.2 Å². The predicted octanol–water partition coefficient (Wildman–Crippen LogP) is 5.69. The standard InChI is InChI=1S/C21H26INO2/c1-14(2)18-13-17(22)9-10-19(18)23-21(24)7-5-6-16-8-11-20(25-4)15(3)12-16/h8-14H,5-7H2,1-4H3,(H,23,24). The summed E-state index contributed by atoms with van der Waals surface area (Å²) in [6.45, 7) is 6.33. The molecule has 0 unspecified atom stereocenters. The van der Waals surface area contributed by atoms with Gasteiger partial charge in [0.25, 0.3) is 0 Å². The Morgan fingerprint density at radius 3 is 2.60 bits per heavy atom. The summed E-state index contributed by atoms with van der Waals surface area (Å²) in [4.78, 5) is 12.3. The third kappa shape index (κ3) is 5.73. The number of methoxy groups -OCH3 is 1. The molecule has 0 saturated carbocycles. The molecule has 1 amide bonds. The summed E-state index contributed by atoms with van der Waals surface area (Å²) in [6.07, 6.45) is 2.25. The van der Waals surface area contributed by atoms with Crippen molar-refractivity contribution in [1.29, 1.82) is 0 Å². The molecule has 0 aliphatic carbocycles. The van der Waals surface area contributed by atoms with Crippen molar-refractivity contribution in [3.63, 3.8) is 0 Å². The number of aryl methyl sites for hydroxylation is 2. The smallest absolute Gasteiger partial charge is 0.224 e. The fourth-order valence-corrected chi connectivity index (χ4v) is 3.40. The summed E-state index contributed by atoms with van der Waals surface area (Å²) >= 11 is 2.30. The number of carbonyl (C=O) groups is 1. The molecule has 1 N–H and O–H groups in total. The van der Waals surface area contributed by atoms with Gasteiger partial charge in [0.15, 0.2) is 0 Å². The van der Waals surface area contributed by atoms with Crippen molar-refractivity contribution in [2.24, 2.45) is 0 Å².